The van der Waals surface area contributed by atoms with Crippen molar-refractivity contribution in [3.63, 3.8) is 0 Å². The maximum atomic E-state index is 13.2. The topological polar surface area (TPSA) is 55.4 Å². The molecule has 0 radical (unpaired) electrons. The fraction of sp³-hybridized carbons (Fsp3) is 0.440. The molecule has 1 fully saturated rings. The number of likely N-dealkylation sites (tertiary alicyclic amines) is 1. The van der Waals surface area contributed by atoms with Gasteiger partial charge in [0, 0.05) is 5.69 Å². The van der Waals surface area contributed by atoms with Gasteiger partial charge in [-0.05, 0) is 56.7 Å². The fourth-order valence-corrected chi connectivity index (χ4v) is 4.35. The number of nitrogens with one attached hydrogen (secondary N) is 1. The molecule has 3 rings (SSSR count). The van der Waals surface area contributed by atoms with Gasteiger partial charge in [-0.25, -0.2) is 4.79 Å². The molecule has 1 amide bonds. The zero-order valence-corrected chi connectivity index (χ0v) is 18.3. The van der Waals surface area contributed by atoms with E-state index in [2.05, 4.69) is 5.32 Å². The number of para-hydroxylation sites is 1. The van der Waals surface area contributed by atoms with E-state index >= 15 is 0 Å². The van der Waals surface area contributed by atoms with Crippen molar-refractivity contribution in [2.75, 3.05) is 25.0 Å². The third-order valence-corrected chi connectivity index (χ3v) is 6.32. The van der Waals surface area contributed by atoms with E-state index in [1.165, 1.54) is 0 Å². The highest BCUT2D eigenvalue weighted by Gasteiger charge is 2.42. The van der Waals surface area contributed by atoms with Crippen molar-refractivity contribution < 1.29 is 18.8 Å². The molecule has 1 saturated heterocycles. The van der Waals surface area contributed by atoms with Crippen LogP contribution >= 0.6 is 0 Å². The first-order valence-corrected chi connectivity index (χ1v) is 10.8. The van der Waals surface area contributed by atoms with Gasteiger partial charge in [0.15, 0.2) is 12.6 Å². The monoisotopic (exact) mass is 409 g/mol. The first-order valence-electron chi connectivity index (χ1n) is 10.8. The summed E-state index contributed by atoms with van der Waals surface area (Å²) in [7, 11) is 0. The van der Waals surface area contributed by atoms with Gasteiger partial charge in [-0.1, -0.05) is 48.5 Å². The number of hydrogen-bond acceptors (Lipinski definition) is 3. The average Bonchev–Trinajstić information content (AvgIpc) is 2.75. The number of piperidine rings is 1. The second kappa shape index (κ2) is 9.90. The lowest BCUT2D eigenvalue weighted by atomic mass is 10.0. The Morgan fingerprint density at radius 2 is 1.60 bits per heavy atom. The molecule has 1 aliphatic rings. The van der Waals surface area contributed by atoms with Gasteiger partial charge in [0.25, 0.3) is 5.91 Å². The summed E-state index contributed by atoms with van der Waals surface area (Å²) in [6.07, 6.45) is 3.18. The quantitative estimate of drug-likeness (QED) is 0.546. The maximum absolute atomic E-state index is 13.2. The molecule has 0 bridgehead atoms. The highest BCUT2D eigenvalue weighted by Crippen LogP contribution is 2.26. The van der Waals surface area contributed by atoms with E-state index in [0.29, 0.717) is 4.48 Å². The molecule has 2 aromatic carbocycles. The molecule has 30 heavy (non-hydrogen) atoms. The molecule has 160 valence electrons. The van der Waals surface area contributed by atoms with Crippen LogP contribution in [0.15, 0.2) is 48.5 Å². The highest BCUT2D eigenvalue weighted by atomic mass is 16.5. The zero-order valence-electron chi connectivity index (χ0n) is 18.3. The number of carbonyl (C=O) groups excluding carboxylic acids is 2. The van der Waals surface area contributed by atoms with Crippen molar-refractivity contribution >= 4 is 17.6 Å². The van der Waals surface area contributed by atoms with E-state index < -0.39 is 0 Å². The van der Waals surface area contributed by atoms with Crippen LogP contribution in [0.4, 0.5) is 5.69 Å². The molecular weight excluding hydrogens is 376 g/mol. The average molecular weight is 410 g/mol. The molecule has 1 atom stereocenters. The van der Waals surface area contributed by atoms with Crippen LogP contribution in [-0.2, 0) is 20.9 Å². The lowest BCUT2D eigenvalue weighted by Crippen LogP contribution is -2.63. The van der Waals surface area contributed by atoms with Crippen molar-refractivity contribution in [3.05, 3.63) is 65.2 Å². The number of rotatable bonds is 7. The fourth-order valence-electron chi connectivity index (χ4n) is 4.35. The number of anilines is 1. The zero-order chi connectivity index (χ0) is 21.6. The van der Waals surface area contributed by atoms with Gasteiger partial charge in [-0.3, -0.25) is 4.79 Å². The van der Waals surface area contributed by atoms with Crippen LogP contribution in [0, 0.1) is 13.8 Å². The third-order valence-electron chi connectivity index (χ3n) is 6.32. The highest BCUT2D eigenvalue weighted by molar-refractivity contribution is 5.95. The van der Waals surface area contributed by atoms with Gasteiger partial charge < -0.3 is 14.5 Å². The van der Waals surface area contributed by atoms with Crippen LogP contribution in [-0.4, -0.2) is 42.0 Å². The minimum absolute atomic E-state index is 0.0369. The number of carbonyl (C=O) groups is 2. The van der Waals surface area contributed by atoms with Crippen LogP contribution in [0.5, 0.6) is 0 Å². The predicted octanol–water partition coefficient (Wildman–Crippen LogP) is 4.37. The lowest BCUT2D eigenvalue weighted by molar-refractivity contribution is -0.938. The minimum atomic E-state index is -0.325. The van der Waals surface area contributed by atoms with E-state index in [0.717, 1.165) is 54.7 Å². The third kappa shape index (κ3) is 5.28. The number of quaternary nitrogens is 1. The second-order valence-electron chi connectivity index (χ2n) is 8.46. The molecule has 0 saturated carbocycles. The Morgan fingerprint density at radius 3 is 2.23 bits per heavy atom. The molecule has 1 aliphatic heterocycles. The van der Waals surface area contributed by atoms with Crippen LogP contribution < -0.4 is 5.32 Å². The molecule has 1 N–H and O–H groups in total. The second-order valence-corrected chi connectivity index (χ2v) is 8.46. The normalized spacial score (nSPS) is 16.5. The maximum Gasteiger partial charge on any atom is 0.362 e. The van der Waals surface area contributed by atoms with Crippen molar-refractivity contribution in [1.82, 2.24) is 0 Å². The largest absolute Gasteiger partial charge is 0.457 e. The van der Waals surface area contributed by atoms with Gasteiger partial charge in [0.2, 0.25) is 0 Å². The van der Waals surface area contributed by atoms with Crippen molar-refractivity contribution in [2.45, 2.75) is 52.7 Å². The molecule has 0 spiro atoms. The van der Waals surface area contributed by atoms with Gasteiger partial charge >= 0.3 is 5.97 Å². The first-order chi connectivity index (χ1) is 14.4. The van der Waals surface area contributed by atoms with Crippen LogP contribution in [0.1, 0.15) is 42.9 Å². The Bertz CT molecular complexity index is 853. The smallest absolute Gasteiger partial charge is 0.362 e. The van der Waals surface area contributed by atoms with E-state index in [1.54, 1.807) is 0 Å². The SMILES string of the molecule is Cc1cccc(C)c1NC(=O)C(C)[N+]1(CC(=O)OCc2ccccc2)CCCCC1. The summed E-state index contributed by atoms with van der Waals surface area (Å²) in [5.41, 5.74) is 3.93. The Kier molecular flexibility index (Phi) is 7.27. The number of esters is 1. The summed E-state index contributed by atoms with van der Waals surface area (Å²) < 4.78 is 6.02. The van der Waals surface area contributed by atoms with E-state index in [4.69, 9.17) is 4.74 Å². The van der Waals surface area contributed by atoms with Crippen molar-refractivity contribution in [3.8, 4) is 0 Å². The van der Waals surface area contributed by atoms with Gasteiger partial charge in [0.1, 0.15) is 6.61 Å². The number of amides is 1. The molecule has 0 aliphatic carbocycles. The molecule has 1 heterocycles. The van der Waals surface area contributed by atoms with E-state index in [9.17, 15) is 9.59 Å². The number of hydrogen-bond donors (Lipinski definition) is 1. The Labute approximate surface area is 179 Å². The Hall–Kier alpha value is -2.66. The standard InChI is InChI=1S/C25H32N2O3/c1-19-11-10-12-20(2)24(19)26-25(29)21(3)27(15-8-5-9-16-27)17-23(28)30-18-22-13-6-4-7-14-22/h4,6-7,10-14,21H,5,8-9,15-18H2,1-3H3/p+1. The summed E-state index contributed by atoms with van der Waals surface area (Å²) in [6, 6.07) is 15.4. The van der Waals surface area contributed by atoms with Crippen LogP contribution in [0.2, 0.25) is 0 Å². The van der Waals surface area contributed by atoms with Crippen LogP contribution in [0.25, 0.3) is 0 Å². The summed E-state index contributed by atoms with van der Waals surface area (Å²) in [5, 5.41) is 3.12. The first kappa shape index (κ1) is 22.0. The molecule has 0 aromatic heterocycles. The molecule has 5 nitrogen and oxygen atoms in total. The Balaban J connectivity index is 1.70. The predicted molar refractivity (Wildman–Crippen MR) is 119 cm³/mol. The van der Waals surface area contributed by atoms with Gasteiger partial charge in [-0.2, -0.15) is 0 Å². The van der Waals surface area contributed by atoms with Gasteiger partial charge in [0.05, 0.1) is 13.1 Å². The number of benzene rings is 2. The summed E-state index contributed by atoms with van der Waals surface area (Å²) in [6.45, 7) is 8.08. The van der Waals surface area contributed by atoms with Crippen molar-refractivity contribution in [2.24, 2.45) is 0 Å². The summed E-state index contributed by atoms with van der Waals surface area (Å²) in [5.74, 6) is -0.280. The number of nitrogens with zero attached hydrogens (tertiary/aromatic N) is 1. The molecule has 5 heteroatoms. The molecular formula is C25H33N2O3+. The lowest BCUT2D eigenvalue weighted by Gasteiger charge is -2.44. The Morgan fingerprint density at radius 1 is 0.967 bits per heavy atom. The van der Waals surface area contributed by atoms with Gasteiger partial charge in [-0.15, -0.1) is 0 Å². The van der Waals surface area contributed by atoms with Crippen LogP contribution in [0.3, 0.4) is 0 Å². The van der Waals surface area contributed by atoms with E-state index in [-0.39, 0.29) is 31.1 Å². The van der Waals surface area contributed by atoms with Crippen molar-refractivity contribution in [1.29, 1.82) is 0 Å². The number of aryl methyl sites for hydroxylation is 2. The molecule has 1 unspecified atom stereocenters. The summed E-state index contributed by atoms with van der Waals surface area (Å²) in [4.78, 5) is 25.9. The number of ether oxygens (including phenoxy) is 1. The molecule has 2 aromatic rings. The van der Waals surface area contributed by atoms with E-state index in [1.807, 2.05) is 69.3 Å². The minimum Gasteiger partial charge on any atom is -0.457 e. The summed E-state index contributed by atoms with van der Waals surface area (Å²) >= 11 is 0.